The minimum atomic E-state index is -5.00. The van der Waals surface area contributed by atoms with E-state index in [-0.39, 0.29) is 53.2 Å². The molecule has 3 fully saturated rings. The summed E-state index contributed by atoms with van der Waals surface area (Å²) in [6, 6.07) is 11.7. The molecule has 0 aliphatic carbocycles. The Hall–Kier alpha value is -11.4. The zero-order valence-electron chi connectivity index (χ0n) is 69.9. The van der Waals surface area contributed by atoms with Gasteiger partial charge in [0, 0.05) is 52.5 Å². The molecule has 8 amide bonds. The van der Waals surface area contributed by atoms with Crippen molar-refractivity contribution in [2.45, 2.75) is 200 Å². The van der Waals surface area contributed by atoms with E-state index in [4.69, 9.17) is 66.8 Å². The van der Waals surface area contributed by atoms with E-state index < -0.39 is 297 Å². The van der Waals surface area contributed by atoms with Crippen LogP contribution in [0.3, 0.4) is 0 Å². The van der Waals surface area contributed by atoms with Crippen LogP contribution in [0, 0.1) is 5.92 Å². The van der Waals surface area contributed by atoms with Crippen molar-refractivity contribution in [1.82, 2.24) is 42.5 Å². The molecule has 7 aromatic rings. The molecule has 3 saturated heterocycles. The maximum Gasteiger partial charge on any atom is 0.573 e. The first-order valence-electron chi connectivity index (χ1n) is 40.9. The Kier molecular flexibility index (Phi) is 29.9. The fourth-order valence-corrected chi connectivity index (χ4v) is 16.4. The Balaban J connectivity index is 0.972. The van der Waals surface area contributed by atoms with Gasteiger partial charge in [0.25, 0.3) is 5.91 Å². The number of phenols is 3. The number of carbonyl (C=O) groups excluding carboxylic acids is 8. The third kappa shape index (κ3) is 21.9. The van der Waals surface area contributed by atoms with E-state index >= 15 is 24.0 Å². The molecule has 2 unspecified atom stereocenters. The normalized spacial score (nSPS) is 29.0. The Morgan fingerprint density at radius 1 is 0.641 bits per heavy atom. The molecule has 7 aromatic carbocycles. The van der Waals surface area contributed by atoms with Crippen LogP contribution < -0.4 is 72.5 Å². The number of carbonyl (C=O) groups is 8. The molecule has 0 aromatic heterocycles. The number of hydrogen-bond donors (Lipinski definition) is 23. The number of benzene rings is 7. The van der Waals surface area contributed by atoms with Crippen molar-refractivity contribution in [1.29, 1.82) is 0 Å². The molecule has 15 rings (SSSR count). The zero-order chi connectivity index (χ0) is 94.8. The fraction of sp³-hybridized carbons (Fsp3) is 0.419. The number of amides is 8. The van der Waals surface area contributed by atoms with Crippen LogP contribution in [0.15, 0.2) is 127 Å². The summed E-state index contributed by atoms with van der Waals surface area (Å²) in [7, 11) is 1.45. The van der Waals surface area contributed by atoms with Crippen molar-refractivity contribution < 1.29 is 161 Å². The smallest absolute Gasteiger partial charge is 0.508 e. The van der Waals surface area contributed by atoms with Crippen LogP contribution in [-0.2, 0) is 63.8 Å². The highest BCUT2D eigenvalue weighted by molar-refractivity contribution is 6.32. The van der Waals surface area contributed by atoms with E-state index in [0.717, 1.165) is 91.0 Å². The molecule has 23 atom stereocenters. The molecular formula is C86H95Cl2F3N10O30. The number of phenolic OH excluding ortho intramolecular Hbond substituents is 3. The van der Waals surface area contributed by atoms with Crippen LogP contribution >= 0.6 is 23.2 Å². The quantitative estimate of drug-likeness (QED) is 0.0487. The molecule has 40 nitrogen and oxygen atoms in total. The lowest BCUT2D eigenvalue weighted by Crippen LogP contribution is -2.65. The number of ether oxygens (including phenoxy) is 9. The van der Waals surface area contributed by atoms with Crippen molar-refractivity contribution in [3.05, 3.63) is 176 Å². The number of anilines is 1. The number of hydrogen-bond acceptors (Lipinski definition) is 32. The number of nitrogens with one attached hydrogen (secondary N) is 9. The van der Waals surface area contributed by atoms with Crippen LogP contribution in [0.2, 0.25) is 10.0 Å². The maximum atomic E-state index is 16.5. The van der Waals surface area contributed by atoms with Gasteiger partial charge in [-0.15, -0.1) is 13.2 Å². The Morgan fingerprint density at radius 3 is 1.91 bits per heavy atom. The summed E-state index contributed by atoms with van der Waals surface area (Å²) in [4.78, 5) is 120. The molecule has 8 heterocycles. The van der Waals surface area contributed by atoms with Crippen molar-refractivity contribution >= 4 is 76.1 Å². The van der Waals surface area contributed by atoms with Crippen molar-refractivity contribution in [3.8, 4) is 62.9 Å². The SMILES string of the molecule is CN[C@H](CC(C)C)C(=O)NC1C(=O)NC(CC(N)=O)C(=O)N[C@H]2C(=O)N[C@H]3C(=O)N[C@H](C(=O)N[C@@H](O)c4cc(O)cc(O)c4-c4cc3ccc4O)[C@H](O[C@H]3C[C@](C)(NCc4cccc(NC(=O)c5ccc(OC(F)(F)F)cc5)c4)[C@@H](O)[C@H](C)O3)c3ccc(c(Cl)c3)Oc3cc2cc(c3O[C@@H]2O[C@H](CO)[C@@H](O[C@@H]3O[C@H](CO)[C@H](O)[C@H](O)[C@H]3O)[C@H](O)[C@H]2O)Oc2ccc(cc2Cl)[C@H]1O. The number of halogens is 5. The summed E-state index contributed by atoms with van der Waals surface area (Å²) in [5.41, 5.74) is 2.16. The van der Waals surface area contributed by atoms with Crippen LogP contribution in [0.4, 0.5) is 18.9 Å². The Labute approximate surface area is 752 Å². The molecule has 0 radical (unpaired) electrons. The largest absolute Gasteiger partial charge is 0.573 e. The lowest BCUT2D eigenvalue weighted by molar-refractivity contribution is -0.352. The summed E-state index contributed by atoms with van der Waals surface area (Å²) in [5, 5.41) is 172. The van der Waals surface area contributed by atoms with E-state index in [0.29, 0.717) is 5.56 Å². The third-order valence-corrected chi connectivity index (χ3v) is 23.4. The number of aromatic hydroxyl groups is 3. The molecule has 0 spiro atoms. The molecule has 8 aliphatic heterocycles. The van der Waals surface area contributed by atoms with Crippen molar-refractivity contribution in [3.63, 3.8) is 0 Å². The molecule has 131 heavy (non-hydrogen) atoms. The summed E-state index contributed by atoms with van der Waals surface area (Å²) in [6.45, 7) is 4.46. The highest BCUT2D eigenvalue weighted by atomic mass is 35.5. The van der Waals surface area contributed by atoms with Gasteiger partial charge in [-0.25, -0.2) is 0 Å². The lowest BCUT2D eigenvalue weighted by atomic mass is 9.84. The number of likely N-dealkylation sites (N-methyl/N-ethyl adjacent to an activating group) is 1. The molecule has 11 bridgehead atoms. The number of nitrogens with two attached hydrogens (primary N) is 1. The van der Waals surface area contributed by atoms with Crippen LogP contribution in [0.25, 0.3) is 11.1 Å². The number of aliphatic hydroxyl groups excluding tert-OH is 10. The van der Waals surface area contributed by atoms with E-state index in [1.54, 1.807) is 39.0 Å². The monoisotopic (exact) mass is 1870 g/mol. The van der Waals surface area contributed by atoms with Gasteiger partial charge in [0.2, 0.25) is 53.4 Å². The second-order valence-electron chi connectivity index (χ2n) is 32.6. The minimum Gasteiger partial charge on any atom is -0.508 e. The van der Waals surface area contributed by atoms with Crippen LogP contribution in [-0.4, -0.2) is 250 Å². The van der Waals surface area contributed by atoms with Gasteiger partial charge < -0.3 is 163 Å². The molecule has 8 aliphatic rings. The van der Waals surface area contributed by atoms with Crippen LogP contribution in [0.1, 0.15) is 121 Å². The first kappa shape index (κ1) is 97.1. The maximum absolute atomic E-state index is 16.5. The minimum absolute atomic E-state index is 0.0351. The number of rotatable bonds is 21. The Bertz CT molecular complexity index is 5440. The average molecular weight is 1880 g/mol. The molecular weight excluding hydrogens is 1780 g/mol. The average Bonchev–Trinajstić information content (AvgIpc) is 0.764. The standard InChI is InChI=1S/C86H95Cl2F3N10O30/c1-33(2)19-48(93-5)77(117)99-63-65(108)38-12-17-52(46(87)22-38)124-54-24-40-25-55(72(54)129-84-70(113)68(111)73(57(32-103)127-84)130-83-69(112)67(110)66(109)56(31-102)126-83)125-53-18-13-39(23-47(53)88)71(128-59-29-85(4,74(114)34(3)123-59)94-30-35-7-6-8-41(20-35)95-75(115)36-9-14-43(15-10-36)131-86(89,90)91)64-82(122)101-76(116)45-26-42(104)27-51(106)60(45)44-21-37(11-16-50(44)105)61(79(119)100-64)98-80(120)62(40)97-78(118)49(28-58(92)107)96-81(63)121/h6-18,20-27,33-34,48-49,56-57,59,61-71,73-74,76,83-84,93-94,102-106,108-114,116H,19,28-32H2,1-5H3,(H2,92,107)(H,95,115)(H,96,121)(H,97,118)(H,98,120)(H,99,117)(H,100,119)(H,101,122)/t34-,48+,49?,56+,57+,59-,61+,62+,63?,64-,65+,66-,67-,68+,69+,70+,71+,73+,74-,76-,83-,84-,85-/m0/s1. The zero-order valence-corrected chi connectivity index (χ0v) is 71.4. The highest BCUT2D eigenvalue weighted by Gasteiger charge is 2.54. The molecule has 0 saturated carbocycles. The summed E-state index contributed by atoms with van der Waals surface area (Å²) in [5.74, 6) is -16.2. The van der Waals surface area contributed by atoms with Gasteiger partial charge in [-0.1, -0.05) is 67.4 Å². The predicted molar refractivity (Wildman–Crippen MR) is 447 cm³/mol. The first-order valence-corrected chi connectivity index (χ1v) is 41.7. The molecule has 45 heteroatoms. The Morgan fingerprint density at radius 2 is 1.27 bits per heavy atom. The molecule has 704 valence electrons. The van der Waals surface area contributed by atoms with E-state index in [2.05, 4.69) is 52.6 Å². The number of fused-ring (bicyclic) bond motifs is 15. The molecule has 24 N–H and O–H groups in total. The predicted octanol–water partition coefficient (Wildman–Crippen LogP) is 1.78. The van der Waals surface area contributed by atoms with Crippen molar-refractivity contribution in [2.24, 2.45) is 11.7 Å². The summed E-state index contributed by atoms with van der Waals surface area (Å²) >= 11 is 14.5. The summed E-state index contributed by atoms with van der Waals surface area (Å²) in [6.07, 6.45) is -37.6. The van der Waals surface area contributed by atoms with Gasteiger partial charge in [-0.3, -0.25) is 38.4 Å². The van der Waals surface area contributed by atoms with Gasteiger partial charge in [0.15, 0.2) is 30.3 Å². The highest BCUT2D eigenvalue weighted by Crippen LogP contribution is 2.51. The second-order valence-corrected chi connectivity index (χ2v) is 33.5. The number of alkyl halides is 3. The third-order valence-electron chi connectivity index (χ3n) is 22.8. The topological polar surface area (TPSA) is 617 Å². The van der Waals surface area contributed by atoms with E-state index in [1.807, 2.05) is 0 Å². The van der Waals surface area contributed by atoms with Crippen molar-refractivity contribution in [2.75, 3.05) is 25.6 Å². The number of aliphatic hydroxyl groups is 10. The van der Waals surface area contributed by atoms with Gasteiger partial charge in [0.05, 0.1) is 47.9 Å². The fourth-order valence-electron chi connectivity index (χ4n) is 16.0. The van der Waals surface area contributed by atoms with Crippen LogP contribution in [0.5, 0.6) is 51.7 Å². The van der Waals surface area contributed by atoms with Gasteiger partial charge in [-0.05, 0) is 152 Å². The van der Waals surface area contributed by atoms with E-state index in [9.17, 15) is 93.9 Å². The number of primary amides is 1. The lowest BCUT2D eigenvalue weighted by Gasteiger charge is -2.47. The summed E-state index contributed by atoms with van der Waals surface area (Å²) < 4.78 is 93.6. The van der Waals surface area contributed by atoms with Gasteiger partial charge in [0.1, 0.15) is 126 Å². The first-order chi connectivity index (χ1) is 62.0. The van der Waals surface area contributed by atoms with E-state index in [1.165, 1.54) is 32.2 Å². The second kappa shape index (κ2) is 40.4. The van der Waals surface area contributed by atoms with Gasteiger partial charge >= 0.3 is 6.36 Å². The van der Waals surface area contributed by atoms with Gasteiger partial charge in [-0.2, -0.15) is 0 Å².